The number of amides is 1. The highest BCUT2D eigenvalue weighted by Crippen LogP contribution is 2.23. The Morgan fingerprint density at radius 2 is 1.77 bits per heavy atom. The van der Waals surface area contributed by atoms with Crippen molar-refractivity contribution < 1.29 is 19.1 Å². The van der Waals surface area contributed by atoms with Crippen LogP contribution in [0.1, 0.15) is 27.0 Å². The van der Waals surface area contributed by atoms with E-state index in [-0.39, 0.29) is 6.61 Å². The number of carbonyl (C=O) groups excluding carboxylic acids is 2. The van der Waals surface area contributed by atoms with Crippen LogP contribution >= 0.6 is 15.9 Å². The van der Waals surface area contributed by atoms with Crippen molar-refractivity contribution >= 4 is 34.0 Å². The monoisotopic (exact) mass is 480 g/mol. The minimum Gasteiger partial charge on any atom is -0.484 e. The maximum Gasteiger partial charge on any atom is 0.343 e. The van der Waals surface area contributed by atoms with Crippen LogP contribution in [0.5, 0.6) is 11.5 Å². The summed E-state index contributed by atoms with van der Waals surface area (Å²) in [7, 11) is 0. The smallest absolute Gasteiger partial charge is 0.343 e. The molecule has 0 radical (unpaired) electrons. The molecule has 158 valence electrons. The fourth-order valence-electron chi connectivity index (χ4n) is 2.63. The molecule has 0 saturated heterocycles. The van der Waals surface area contributed by atoms with Gasteiger partial charge in [0.2, 0.25) is 0 Å². The molecular formula is C24H21BrN2O4. The molecule has 1 N–H and O–H groups in total. The molecule has 0 bridgehead atoms. The molecule has 0 saturated carbocycles. The molecule has 3 aromatic carbocycles. The van der Waals surface area contributed by atoms with Gasteiger partial charge in [-0.2, -0.15) is 5.10 Å². The molecule has 6 nitrogen and oxygen atoms in total. The standard InChI is InChI=1S/C24H21BrN2O4/c1-16-6-9-21(10-7-16)30-15-23(28)27-26-14-19-13-20(25)8-11-22(19)31-24(29)18-5-3-4-17(2)12-18/h3-14H,15H2,1-2H3,(H,27,28). The summed E-state index contributed by atoms with van der Waals surface area (Å²) in [4.78, 5) is 24.4. The fourth-order valence-corrected chi connectivity index (χ4v) is 3.01. The first-order chi connectivity index (χ1) is 14.9. The summed E-state index contributed by atoms with van der Waals surface area (Å²) in [6.45, 7) is 3.70. The number of ether oxygens (including phenoxy) is 2. The Labute approximate surface area is 189 Å². The number of aryl methyl sites for hydroxylation is 2. The average Bonchev–Trinajstić information content (AvgIpc) is 2.75. The van der Waals surface area contributed by atoms with E-state index in [0.717, 1.165) is 15.6 Å². The maximum atomic E-state index is 12.5. The van der Waals surface area contributed by atoms with Crippen LogP contribution in [-0.4, -0.2) is 24.7 Å². The second-order valence-electron chi connectivity index (χ2n) is 6.84. The van der Waals surface area contributed by atoms with Gasteiger partial charge in [0.1, 0.15) is 11.5 Å². The topological polar surface area (TPSA) is 77.0 Å². The zero-order valence-electron chi connectivity index (χ0n) is 17.1. The lowest BCUT2D eigenvalue weighted by atomic mass is 10.1. The van der Waals surface area contributed by atoms with Crippen molar-refractivity contribution in [1.29, 1.82) is 0 Å². The lowest BCUT2D eigenvalue weighted by Crippen LogP contribution is -2.24. The molecule has 1 amide bonds. The molecule has 0 unspecified atom stereocenters. The van der Waals surface area contributed by atoms with Gasteiger partial charge in [0.05, 0.1) is 11.8 Å². The van der Waals surface area contributed by atoms with E-state index in [4.69, 9.17) is 9.47 Å². The van der Waals surface area contributed by atoms with Crippen LogP contribution in [0.15, 0.2) is 76.3 Å². The van der Waals surface area contributed by atoms with Gasteiger partial charge >= 0.3 is 5.97 Å². The molecule has 3 rings (SSSR count). The lowest BCUT2D eigenvalue weighted by Gasteiger charge is -2.09. The van der Waals surface area contributed by atoms with Gasteiger partial charge in [-0.1, -0.05) is 51.3 Å². The summed E-state index contributed by atoms with van der Waals surface area (Å²) in [5.41, 5.74) is 5.44. The molecule has 7 heteroatoms. The van der Waals surface area contributed by atoms with Crippen molar-refractivity contribution in [1.82, 2.24) is 5.43 Å². The van der Waals surface area contributed by atoms with E-state index < -0.39 is 11.9 Å². The Bertz CT molecular complexity index is 1110. The predicted octanol–water partition coefficient (Wildman–Crippen LogP) is 4.81. The number of benzene rings is 3. The quantitative estimate of drug-likeness (QED) is 0.227. The van der Waals surface area contributed by atoms with Crippen LogP contribution in [0.2, 0.25) is 0 Å². The van der Waals surface area contributed by atoms with Crippen molar-refractivity contribution in [3.8, 4) is 11.5 Å². The van der Waals surface area contributed by atoms with Crippen molar-refractivity contribution in [2.75, 3.05) is 6.61 Å². The summed E-state index contributed by atoms with van der Waals surface area (Å²) < 4.78 is 11.7. The van der Waals surface area contributed by atoms with Crippen molar-refractivity contribution in [2.45, 2.75) is 13.8 Å². The van der Waals surface area contributed by atoms with E-state index >= 15 is 0 Å². The Morgan fingerprint density at radius 1 is 1.00 bits per heavy atom. The minimum atomic E-state index is -0.476. The Balaban J connectivity index is 1.61. The van der Waals surface area contributed by atoms with Crippen LogP contribution in [0.3, 0.4) is 0 Å². The zero-order valence-corrected chi connectivity index (χ0v) is 18.7. The Morgan fingerprint density at radius 3 is 2.52 bits per heavy atom. The number of esters is 1. The highest BCUT2D eigenvalue weighted by molar-refractivity contribution is 9.10. The number of rotatable bonds is 7. The van der Waals surface area contributed by atoms with Crippen LogP contribution in [-0.2, 0) is 4.79 Å². The van der Waals surface area contributed by atoms with E-state index in [0.29, 0.717) is 22.6 Å². The van der Waals surface area contributed by atoms with Crippen molar-refractivity contribution in [3.63, 3.8) is 0 Å². The number of carbonyl (C=O) groups is 2. The summed E-state index contributed by atoms with van der Waals surface area (Å²) in [5, 5.41) is 3.95. The van der Waals surface area contributed by atoms with Gasteiger partial charge in [-0.05, 0) is 56.3 Å². The van der Waals surface area contributed by atoms with Gasteiger partial charge in [-0.15, -0.1) is 0 Å². The lowest BCUT2D eigenvalue weighted by molar-refractivity contribution is -0.123. The summed E-state index contributed by atoms with van der Waals surface area (Å²) in [6, 6.07) is 19.7. The molecular weight excluding hydrogens is 460 g/mol. The number of nitrogens with zero attached hydrogens (tertiary/aromatic N) is 1. The molecule has 0 aromatic heterocycles. The highest BCUT2D eigenvalue weighted by atomic mass is 79.9. The van der Waals surface area contributed by atoms with Gasteiger partial charge in [0, 0.05) is 10.0 Å². The molecule has 0 aliphatic carbocycles. The van der Waals surface area contributed by atoms with Gasteiger partial charge in [-0.3, -0.25) is 4.79 Å². The predicted molar refractivity (Wildman–Crippen MR) is 123 cm³/mol. The largest absolute Gasteiger partial charge is 0.484 e. The SMILES string of the molecule is Cc1ccc(OCC(=O)NN=Cc2cc(Br)ccc2OC(=O)c2cccc(C)c2)cc1. The molecule has 0 fully saturated rings. The molecule has 0 aliphatic heterocycles. The first-order valence-corrected chi connectivity index (χ1v) is 10.3. The number of halogens is 1. The van der Waals surface area contributed by atoms with Gasteiger partial charge < -0.3 is 9.47 Å². The summed E-state index contributed by atoms with van der Waals surface area (Å²) in [6.07, 6.45) is 1.41. The normalized spacial score (nSPS) is 10.7. The molecule has 31 heavy (non-hydrogen) atoms. The van der Waals surface area contributed by atoms with Gasteiger partial charge in [0.15, 0.2) is 6.61 Å². The van der Waals surface area contributed by atoms with Gasteiger partial charge in [0.25, 0.3) is 5.91 Å². The maximum absolute atomic E-state index is 12.5. The fraction of sp³-hybridized carbons (Fsp3) is 0.125. The number of nitrogens with one attached hydrogen (secondary N) is 1. The van der Waals surface area contributed by atoms with Crippen LogP contribution in [0.4, 0.5) is 0 Å². The minimum absolute atomic E-state index is 0.173. The Hall–Kier alpha value is -3.45. The first kappa shape index (κ1) is 22.2. The van der Waals surface area contributed by atoms with Crippen LogP contribution < -0.4 is 14.9 Å². The van der Waals surface area contributed by atoms with E-state index in [2.05, 4.69) is 26.5 Å². The molecule has 0 spiro atoms. The van der Waals surface area contributed by atoms with E-state index in [1.54, 1.807) is 48.5 Å². The number of hydrogen-bond acceptors (Lipinski definition) is 5. The van der Waals surface area contributed by atoms with E-state index in [9.17, 15) is 9.59 Å². The van der Waals surface area contributed by atoms with E-state index in [1.165, 1.54) is 6.21 Å². The number of hydrogen-bond donors (Lipinski definition) is 1. The van der Waals surface area contributed by atoms with Crippen LogP contribution in [0.25, 0.3) is 0 Å². The van der Waals surface area contributed by atoms with Crippen molar-refractivity contribution in [2.24, 2.45) is 5.10 Å². The second-order valence-corrected chi connectivity index (χ2v) is 7.75. The van der Waals surface area contributed by atoms with Crippen LogP contribution in [0, 0.1) is 13.8 Å². The first-order valence-electron chi connectivity index (χ1n) is 9.50. The third-order valence-corrected chi connectivity index (χ3v) is 4.71. The third kappa shape index (κ3) is 6.79. The third-order valence-electron chi connectivity index (χ3n) is 4.21. The van der Waals surface area contributed by atoms with Gasteiger partial charge in [-0.25, -0.2) is 10.2 Å². The van der Waals surface area contributed by atoms with Crippen molar-refractivity contribution in [3.05, 3.63) is 93.5 Å². The zero-order chi connectivity index (χ0) is 22.2. The summed E-state index contributed by atoms with van der Waals surface area (Å²) in [5.74, 6) is 0.0343. The highest BCUT2D eigenvalue weighted by Gasteiger charge is 2.12. The number of hydrazone groups is 1. The van der Waals surface area contributed by atoms with E-state index in [1.807, 2.05) is 32.0 Å². The molecule has 0 aliphatic rings. The summed E-state index contributed by atoms with van der Waals surface area (Å²) >= 11 is 3.38. The molecule has 3 aromatic rings. The average molecular weight is 481 g/mol. The molecule has 0 heterocycles. The second kappa shape index (κ2) is 10.5. The Kier molecular flexibility index (Phi) is 7.56. The molecule has 0 atom stereocenters.